The lowest BCUT2D eigenvalue weighted by Gasteiger charge is -2.36. The number of rotatable bonds is 8. The Morgan fingerprint density at radius 1 is 1.22 bits per heavy atom. The first kappa shape index (κ1) is 21.6. The predicted molar refractivity (Wildman–Crippen MR) is 129 cm³/mol. The summed E-state index contributed by atoms with van der Waals surface area (Å²) in [6, 6.07) is 10.7. The molecule has 2 aliphatic rings. The summed E-state index contributed by atoms with van der Waals surface area (Å²) < 4.78 is 18.4. The molecule has 170 valence electrons. The van der Waals surface area contributed by atoms with Crippen molar-refractivity contribution in [3.8, 4) is 11.4 Å². The molecule has 2 N–H and O–H groups in total. The van der Waals surface area contributed by atoms with Crippen LogP contribution in [0, 0.1) is 0 Å². The minimum absolute atomic E-state index is 0.303. The van der Waals surface area contributed by atoms with Crippen LogP contribution in [-0.2, 0) is 27.8 Å². The molecule has 8 heteroatoms. The Morgan fingerprint density at radius 3 is 2.88 bits per heavy atom. The fraction of sp³-hybridized carbons (Fsp3) is 0.500. The van der Waals surface area contributed by atoms with E-state index >= 15 is 0 Å². The molecular weight excluding hydrogens is 422 g/mol. The molecule has 0 radical (unpaired) electrons. The van der Waals surface area contributed by atoms with Gasteiger partial charge in [-0.1, -0.05) is 6.92 Å². The minimum atomic E-state index is -0.825. The van der Waals surface area contributed by atoms with Crippen molar-refractivity contribution >= 4 is 27.7 Å². The van der Waals surface area contributed by atoms with E-state index in [4.69, 9.17) is 14.7 Å². The number of morpholine rings is 1. The predicted octanol–water partition coefficient (Wildman–Crippen LogP) is 3.37. The summed E-state index contributed by atoms with van der Waals surface area (Å²) >= 11 is 0. The van der Waals surface area contributed by atoms with Crippen LogP contribution in [0.1, 0.15) is 37.4 Å². The van der Waals surface area contributed by atoms with Gasteiger partial charge in [0, 0.05) is 40.6 Å². The van der Waals surface area contributed by atoms with Gasteiger partial charge >= 0.3 is 0 Å². The monoisotopic (exact) mass is 453 g/mol. The average molecular weight is 454 g/mol. The number of aromatic amines is 1. The van der Waals surface area contributed by atoms with E-state index in [0.717, 1.165) is 71.8 Å². The number of nitrogens with zero attached hydrogens (tertiary/aromatic N) is 3. The molecule has 32 heavy (non-hydrogen) atoms. The van der Waals surface area contributed by atoms with Crippen LogP contribution in [0.4, 0.5) is 5.82 Å². The number of anilines is 1. The van der Waals surface area contributed by atoms with Gasteiger partial charge in [-0.15, -0.1) is 0 Å². The summed E-state index contributed by atoms with van der Waals surface area (Å²) in [7, 11) is 1.11. The Kier molecular flexibility index (Phi) is 6.26. The normalized spacial score (nSPS) is 20.1. The zero-order valence-electron chi connectivity index (χ0n) is 18.8. The van der Waals surface area contributed by atoms with Crippen molar-refractivity contribution in [2.45, 2.75) is 49.8 Å². The lowest BCUT2D eigenvalue weighted by Crippen LogP contribution is -2.45. The lowest BCUT2D eigenvalue weighted by atomic mass is 10.1. The second kappa shape index (κ2) is 9.29. The van der Waals surface area contributed by atoms with Crippen molar-refractivity contribution in [3.05, 3.63) is 41.6 Å². The number of aromatic nitrogens is 3. The largest absolute Gasteiger partial charge is 0.377 e. The highest BCUT2D eigenvalue weighted by Crippen LogP contribution is 2.31. The summed E-state index contributed by atoms with van der Waals surface area (Å²) in [6.45, 7) is 5.19. The van der Waals surface area contributed by atoms with Crippen LogP contribution >= 0.6 is 0 Å². The van der Waals surface area contributed by atoms with Gasteiger partial charge in [-0.2, -0.15) is 0 Å². The molecule has 1 aliphatic carbocycles. The minimum Gasteiger partial charge on any atom is -0.377 e. The van der Waals surface area contributed by atoms with Gasteiger partial charge in [0.2, 0.25) is 0 Å². The third-order valence-electron chi connectivity index (χ3n) is 6.23. The molecule has 5 rings (SSSR count). The van der Waals surface area contributed by atoms with Crippen LogP contribution in [0.3, 0.4) is 0 Å². The molecule has 7 nitrogen and oxygen atoms in total. The van der Waals surface area contributed by atoms with Gasteiger partial charge < -0.3 is 19.9 Å². The summed E-state index contributed by atoms with van der Waals surface area (Å²) in [5.74, 6) is 1.51. The fourth-order valence-electron chi connectivity index (χ4n) is 4.33. The zero-order chi connectivity index (χ0) is 22.1. The quantitative estimate of drug-likeness (QED) is 0.544. The van der Waals surface area contributed by atoms with E-state index in [1.54, 1.807) is 0 Å². The first-order valence-corrected chi connectivity index (χ1v) is 12.9. The zero-order valence-corrected chi connectivity index (χ0v) is 19.6. The molecule has 0 amide bonds. The van der Waals surface area contributed by atoms with Gasteiger partial charge in [0.25, 0.3) is 0 Å². The highest BCUT2D eigenvalue weighted by Gasteiger charge is 2.29. The van der Waals surface area contributed by atoms with E-state index in [0.29, 0.717) is 30.3 Å². The van der Waals surface area contributed by atoms with Gasteiger partial charge in [-0.25, -0.2) is 9.97 Å². The summed E-state index contributed by atoms with van der Waals surface area (Å²) in [5.41, 5.74) is 5.81. The Labute approximate surface area is 191 Å². The maximum absolute atomic E-state index is 12.7. The van der Waals surface area contributed by atoms with E-state index in [-0.39, 0.29) is 0 Å². The lowest BCUT2D eigenvalue weighted by molar-refractivity contribution is 0.0926. The van der Waals surface area contributed by atoms with Crippen LogP contribution in [-0.4, -0.2) is 57.3 Å². The van der Waals surface area contributed by atoms with E-state index in [9.17, 15) is 4.21 Å². The molecule has 0 bridgehead atoms. The van der Waals surface area contributed by atoms with Crippen LogP contribution in [0.25, 0.3) is 22.4 Å². The molecule has 1 saturated carbocycles. The molecule has 2 atom stereocenters. The Morgan fingerprint density at radius 2 is 2.09 bits per heavy atom. The molecule has 3 aromatic rings. The number of pyridine rings is 2. The van der Waals surface area contributed by atoms with E-state index < -0.39 is 10.8 Å². The summed E-state index contributed by atoms with van der Waals surface area (Å²) in [5, 5.41) is 3.53. The Bertz CT molecular complexity index is 1130. The van der Waals surface area contributed by atoms with Crippen molar-refractivity contribution in [2.24, 2.45) is 0 Å². The first-order chi connectivity index (χ1) is 15.6. The highest BCUT2D eigenvalue weighted by molar-refractivity contribution is 7.85. The second-order valence-electron chi connectivity index (χ2n) is 8.73. The molecule has 0 aromatic carbocycles. The topological polar surface area (TPSA) is 83.1 Å². The smallest absolute Gasteiger partial charge is 0.130 e. The summed E-state index contributed by atoms with van der Waals surface area (Å²) in [6.07, 6.45) is 3.16. The van der Waals surface area contributed by atoms with Gasteiger partial charge in [0.1, 0.15) is 5.82 Å². The summed E-state index contributed by atoms with van der Waals surface area (Å²) in [4.78, 5) is 15.7. The third kappa shape index (κ3) is 4.58. The third-order valence-corrected chi connectivity index (χ3v) is 8.06. The fourth-order valence-corrected chi connectivity index (χ4v) is 5.73. The first-order valence-electron chi connectivity index (χ1n) is 11.5. The van der Waals surface area contributed by atoms with Crippen molar-refractivity contribution < 1.29 is 8.95 Å². The Balaban J connectivity index is 1.53. The van der Waals surface area contributed by atoms with Crippen molar-refractivity contribution in [2.75, 3.05) is 31.7 Å². The standard InChI is InChI=1S/C24H31N5O2S/c1-3-18-14-31-9-8-29(18)24-11-16(15-32(30)19-4-5-19)10-22(28-24)21-7-6-20-23(27-21)12-17(26-20)13-25-2/h6-7,10-12,18-19,25-26H,3-5,8-9,13-15H2,1-2H3/t18-,32?/m0/s1. The van der Waals surface area contributed by atoms with Gasteiger partial charge in [-0.3, -0.25) is 4.21 Å². The van der Waals surface area contributed by atoms with Gasteiger partial charge in [0.15, 0.2) is 0 Å². The molecule has 0 spiro atoms. The van der Waals surface area contributed by atoms with Crippen molar-refractivity contribution in [1.82, 2.24) is 20.3 Å². The SMILES string of the molecule is CC[C@H]1COCCN1c1cc(CS(=O)C2CC2)cc(-c2ccc3[nH]c(CNC)cc3n2)n1. The number of hydrogen-bond donors (Lipinski definition) is 2. The van der Waals surface area contributed by atoms with Crippen LogP contribution in [0.15, 0.2) is 30.3 Å². The Hall–Kier alpha value is -2.29. The molecule has 1 aliphatic heterocycles. The molecule has 1 unspecified atom stereocenters. The number of ether oxygens (including phenoxy) is 1. The van der Waals surface area contributed by atoms with E-state index in [2.05, 4.69) is 46.4 Å². The second-order valence-corrected chi connectivity index (χ2v) is 10.4. The van der Waals surface area contributed by atoms with Crippen molar-refractivity contribution in [1.29, 1.82) is 0 Å². The highest BCUT2D eigenvalue weighted by atomic mass is 32.2. The van der Waals surface area contributed by atoms with Crippen LogP contribution < -0.4 is 10.2 Å². The molecule has 4 heterocycles. The maximum Gasteiger partial charge on any atom is 0.130 e. The van der Waals surface area contributed by atoms with Crippen LogP contribution in [0.2, 0.25) is 0 Å². The maximum atomic E-state index is 12.7. The molecule has 3 aromatic heterocycles. The van der Waals surface area contributed by atoms with Gasteiger partial charge in [-0.05, 0) is 62.2 Å². The number of fused-ring (bicyclic) bond motifs is 1. The molecular formula is C24H31N5O2S. The van der Waals surface area contributed by atoms with Crippen LogP contribution in [0.5, 0.6) is 0 Å². The molecule has 1 saturated heterocycles. The number of hydrogen-bond acceptors (Lipinski definition) is 6. The van der Waals surface area contributed by atoms with Gasteiger partial charge in [0.05, 0.1) is 41.7 Å². The average Bonchev–Trinajstić information content (AvgIpc) is 3.59. The van der Waals surface area contributed by atoms with E-state index in [1.807, 2.05) is 13.1 Å². The molecule has 2 fully saturated rings. The van der Waals surface area contributed by atoms with Crippen molar-refractivity contribution in [3.63, 3.8) is 0 Å². The number of H-pyrrole nitrogens is 1. The number of nitrogens with one attached hydrogen (secondary N) is 2. The van der Waals surface area contributed by atoms with E-state index in [1.165, 1.54) is 0 Å².